The van der Waals surface area contributed by atoms with Gasteiger partial charge in [-0.1, -0.05) is 32.4 Å². The molecule has 1 atom stereocenters. The second-order valence-electron chi connectivity index (χ2n) is 4.73. The Balaban J connectivity index is 0.00000122. The fourth-order valence-corrected chi connectivity index (χ4v) is 1.53. The van der Waals surface area contributed by atoms with Crippen LogP contribution in [0.1, 0.15) is 25.8 Å². The minimum atomic E-state index is -1.10. The first-order chi connectivity index (χ1) is 9.81. The van der Waals surface area contributed by atoms with E-state index in [1.165, 1.54) is 25.6 Å². The zero-order chi connectivity index (χ0) is 16.4. The van der Waals surface area contributed by atoms with Crippen LogP contribution < -0.4 is 5.73 Å². The molecule has 0 aliphatic carbocycles. The van der Waals surface area contributed by atoms with Gasteiger partial charge >= 0.3 is 5.97 Å². The van der Waals surface area contributed by atoms with E-state index in [1.54, 1.807) is 12.1 Å². The summed E-state index contributed by atoms with van der Waals surface area (Å²) in [6, 6.07) is 4.82. The maximum absolute atomic E-state index is 12.7. The lowest BCUT2D eigenvalue weighted by Gasteiger charge is -2.19. The van der Waals surface area contributed by atoms with E-state index in [1.807, 2.05) is 0 Å². The molecule has 0 spiro atoms. The highest BCUT2D eigenvalue weighted by Crippen LogP contribution is 2.06. The number of amides is 1. The molecule has 0 saturated heterocycles. The number of benzene rings is 1. The van der Waals surface area contributed by atoms with Crippen molar-refractivity contribution in [1.82, 2.24) is 4.90 Å². The maximum Gasteiger partial charge on any atom is 0.323 e. The van der Waals surface area contributed by atoms with E-state index in [-0.39, 0.29) is 12.2 Å². The van der Waals surface area contributed by atoms with Gasteiger partial charge in [0.25, 0.3) is 0 Å². The maximum atomic E-state index is 12.7. The number of rotatable bonds is 5. The first kappa shape index (κ1) is 19.1. The topological polar surface area (TPSA) is 83.6 Å². The second kappa shape index (κ2) is 9.88. The molecule has 0 saturated carbocycles. The summed E-state index contributed by atoms with van der Waals surface area (Å²) >= 11 is 0. The van der Waals surface area contributed by atoms with Gasteiger partial charge in [-0.2, -0.15) is 0 Å². The fourth-order valence-electron chi connectivity index (χ4n) is 1.53. The summed E-state index contributed by atoms with van der Waals surface area (Å²) in [5, 5.41) is 8.56. The molecule has 1 aromatic carbocycles. The van der Waals surface area contributed by atoms with E-state index in [0.29, 0.717) is 0 Å². The minimum absolute atomic E-state index is 0.239. The molecule has 0 fully saturated rings. The zero-order valence-electron chi connectivity index (χ0n) is 12.7. The van der Waals surface area contributed by atoms with Crippen molar-refractivity contribution < 1.29 is 19.1 Å². The van der Waals surface area contributed by atoms with Gasteiger partial charge in [-0.3, -0.25) is 9.59 Å². The van der Waals surface area contributed by atoms with Gasteiger partial charge in [0.05, 0.1) is 6.04 Å². The predicted molar refractivity (Wildman–Crippen MR) is 79.3 cm³/mol. The molecule has 0 aliphatic heterocycles. The molecule has 5 nitrogen and oxygen atoms in total. The fraction of sp³-hybridized carbons (Fsp3) is 0.467. The first-order valence-electron chi connectivity index (χ1n) is 6.78. The Morgan fingerprint density at radius 3 is 2.19 bits per heavy atom. The average molecular weight is 298 g/mol. The van der Waals surface area contributed by atoms with Crippen LogP contribution in [0.2, 0.25) is 0 Å². The third-order valence-electron chi connectivity index (χ3n) is 2.43. The van der Waals surface area contributed by atoms with Gasteiger partial charge in [-0.25, -0.2) is 4.39 Å². The van der Waals surface area contributed by atoms with Crippen molar-refractivity contribution in [3.05, 3.63) is 35.6 Å². The molecule has 1 rings (SSSR count). The van der Waals surface area contributed by atoms with Crippen molar-refractivity contribution in [2.45, 2.75) is 32.7 Å². The third kappa shape index (κ3) is 8.04. The van der Waals surface area contributed by atoms with E-state index in [0.717, 1.165) is 10.5 Å². The Morgan fingerprint density at radius 1 is 1.29 bits per heavy atom. The smallest absolute Gasteiger partial charge is 0.323 e. The number of nitrogens with two attached hydrogens (primary N) is 1. The average Bonchev–Trinajstić information content (AvgIpc) is 2.40. The Bertz CT molecular complexity index is 449. The molecule has 0 aromatic heterocycles. The van der Waals surface area contributed by atoms with Crippen LogP contribution in [0.4, 0.5) is 4.39 Å². The van der Waals surface area contributed by atoms with Crippen molar-refractivity contribution >= 4 is 11.9 Å². The molecule has 1 amide bonds. The van der Waals surface area contributed by atoms with Crippen molar-refractivity contribution in [3.8, 4) is 0 Å². The minimum Gasteiger partial charge on any atom is -0.480 e. The lowest BCUT2D eigenvalue weighted by Crippen LogP contribution is -2.44. The van der Waals surface area contributed by atoms with Crippen LogP contribution in [0.5, 0.6) is 0 Å². The van der Waals surface area contributed by atoms with Gasteiger partial charge in [-0.15, -0.1) is 0 Å². The number of carbonyl (C=O) groups is 2. The summed E-state index contributed by atoms with van der Waals surface area (Å²) in [4.78, 5) is 23.2. The standard InChI is InChI=1S/C12H15FN2O3.C3H8/c1-15(7-11(16)17)12(18)10(14)6-8-2-4-9(13)5-3-8;1-3-2/h2-5,10H,6-7,14H2,1H3,(H,16,17);3H2,1-2H3. The Morgan fingerprint density at radius 2 is 1.76 bits per heavy atom. The second-order valence-corrected chi connectivity index (χ2v) is 4.73. The largest absolute Gasteiger partial charge is 0.480 e. The Labute approximate surface area is 124 Å². The van der Waals surface area contributed by atoms with E-state index >= 15 is 0 Å². The number of aliphatic carboxylic acids is 1. The quantitative estimate of drug-likeness (QED) is 0.866. The van der Waals surface area contributed by atoms with Crippen LogP contribution in [-0.4, -0.2) is 41.5 Å². The lowest BCUT2D eigenvalue weighted by molar-refractivity contribution is -0.143. The van der Waals surface area contributed by atoms with Crippen molar-refractivity contribution in [2.75, 3.05) is 13.6 Å². The highest BCUT2D eigenvalue weighted by atomic mass is 19.1. The molecule has 1 unspecified atom stereocenters. The molecule has 0 aliphatic rings. The van der Waals surface area contributed by atoms with Crippen LogP contribution in [0.15, 0.2) is 24.3 Å². The number of carboxylic acid groups (broad SMARTS) is 1. The molecule has 3 N–H and O–H groups in total. The summed E-state index contributed by atoms with van der Waals surface area (Å²) in [7, 11) is 1.38. The SMILES string of the molecule is CCC.CN(CC(=O)O)C(=O)C(N)Cc1ccc(F)cc1. The van der Waals surface area contributed by atoms with Crippen LogP contribution >= 0.6 is 0 Å². The van der Waals surface area contributed by atoms with Gasteiger partial charge in [0, 0.05) is 7.05 Å². The van der Waals surface area contributed by atoms with E-state index < -0.39 is 24.5 Å². The lowest BCUT2D eigenvalue weighted by atomic mass is 10.1. The molecule has 0 bridgehead atoms. The Kier molecular flexibility index (Phi) is 8.96. The van der Waals surface area contributed by atoms with Crippen LogP contribution in [0.25, 0.3) is 0 Å². The summed E-state index contributed by atoms with van der Waals surface area (Å²) < 4.78 is 12.7. The molecule has 1 aromatic rings. The normalized spacial score (nSPS) is 11.1. The number of hydrogen-bond acceptors (Lipinski definition) is 3. The summed E-state index contributed by atoms with van der Waals surface area (Å²) in [5.74, 6) is -1.91. The van der Waals surface area contributed by atoms with Gasteiger partial charge in [-0.05, 0) is 24.1 Å². The number of carboxylic acids is 1. The van der Waals surface area contributed by atoms with E-state index in [2.05, 4.69) is 13.8 Å². The van der Waals surface area contributed by atoms with Crippen molar-refractivity contribution in [3.63, 3.8) is 0 Å². The van der Waals surface area contributed by atoms with Gasteiger partial charge in [0.1, 0.15) is 12.4 Å². The molecule has 0 heterocycles. The first-order valence-corrected chi connectivity index (χ1v) is 6.78. The number of likely N-dealkylation sites (N-methyl/N-ethyl adjacent to an activating group) is 1. The third-order valence-corrected chi connectivity index (χ3v) is 2.43. The molecular formula is C15H23FN2O3. The van der Waals surface area contributed by atoms with Crippen LogP contribution in [0.3, 0.4) is 0 Å². The Hall–Kier alpha value is -1.95. The zero-order valence-corrected chi connectivity index (χ0v) is 12.7. The monoisotopic (exact) mass is 298 g/mol. The van der Waals surface area contributed by atoms with Crippen LogP contribution in [-0.2, 0) is 16.0 Å². The molecule has 6 heteroatoms. The number of halogens is 1. The summed E-state index contributed by atoms with van der Waals surface area (Å²) in [5.41, 5.74) is 6.41. The molecular weight excluding hydrogens is 275 g/mol. The van der Waals surface area contributed by atoms with Crippen molar-refractivity contribution in [2.24, 2.45) is 5.73 Å². The highest BCUT2D eigenvalue weighted by Gasteiger charge is 2.19. The van der Waals surface area contributed by atoms with Gasteiger partial charge < -0.3 is 15.7 Å². The molecule has 21 heavy (non-hydrogen) atoms. The van der Waals surface area contributed by atoms with E-state index in [9.17, 15) is 14.0 Å². The van der Waals surface area contributed by atoms with Gasteiger partial charge in [0.2, 0.25) is 5.91 Å². The summed E-state index contributed by atoms with van der Waals surface area (Å²) in [6.45, 7) is 3.86. The predicted octanol–water partition coefficient (Wildman–Crippen LogP) is 1.65. The highest BCUT2D eigenvalue weighted by molar-refractivity contribution is 5.85. The van der Waals surface area contributed by atoms with E-state index in [4.69, 9.17) is 10.8 Å². The number of nitrogens with zero attached hydrogens (tertiary/aromatic N) is 1. The number of carbonyl (C=O) groups excluding carboxylic acids is 1. The molecule has 118 valence electrons. The van der Waals surface area contributed by atoms with Gasteiger partial charge in [0.15, 0.2) is 0 Å². The summed E-state index contributed by atoms with van der Waals surface area (Å²) in [6.07, 6.45) is 1.49. The molecule has 0 radical (unpaired) electrons. The van der Waals surface area contributed by atoms with Crippen LogP contribution in [0, 0.1) is 5.82 Å². The van der Waals surface area contributed by atoms with Crippen molar-refractivity contribution in [1.29, 1.82) is 0 Å². The number of hydrogen-bond donors (Lipinski definition) is 2.